The van der Waals surface area contributed by atoms with E-state index >= 15 is 0 Å². The van der Waals surface area contributed by atoms with Crippen LogP contribution in [0.3, 0.4) is 0 Å². The first-order valence-electron chi connectivity index (χ1n) is 7.77. The highest BCUT2D eigenvalue weighted by Gasteiger charge is 2.33. The third-order valence-corrected chi connectivity index (χ3v) is 4.77. The first kappa shape index (κ1) is 14.7. The van der Waals surface area contributed by atoms with Crippen LogP contribution in [0.5, 0.6) is 5.75 Å². The molecule has 1 unspecified atom stereocenters. The van der Waals surface area contributed by atoms with Gasteiger partial charge in [0.15, 0.2) is 0 Å². The first-order chi connectivity index (χ1) is 11.2. The van der Waals surface area contributed by atoms with Crippen LogP contribution in [0.4, 0.5) is 5.82 Å². The van der Waals surface area contributed by atoms with Crippen molar-refractivity contribution in [2.45, 2.75) is 25.4 Å². The van der Waals surface area contributed by atoms with Gasteiger partial charge >= 0.3 is 0 Å². The van der Waals surface area contributed by atoms with E-state index in [1.54, 1.807) is 18.1 Å². The minimum absolute atomic E-state index is 0.0210. The highest BCUT2D eigenvalue weighted by molar-refractivity contribution is 6.32. The topological polar surface area (TPSA) is 51.7 Å². The third kappa shape index (κ3) is 2.44. The molecule has 0 aliphatic carbocycles. The van der Waals surface area contributed by atoms with Crippen molar-refractivity contribution in [1.29, 1.82) is 0 Å². The number of benzene rings is 1. The second-order valence-electron chi connectivity index (χ2n) is 5.89. The van der Waals surface area contributed by atoms with E-state index in [0.717, 1.165) is 41.5 Å². The van der Waals surface area contributed by atoms with Crippen molar-refractivity contribution in [1.82, 2.24) is 4.98 Å². The summed E-state index contributed by atoms with van der Waals surface area (Å²) in [6, 6.07) is 5.73. The van der Waals surface area contributed by atoms with Crippen LogP contribution in [-0.4, -0.2) is 37.3 Å². The maximum atomic E-state index is 12.6. The van der Waals surface area contributed by atoms with E-state index in [1.807, 2.05) is 6.07 Å². The lowest BCUT2D eigenvalue weighted by Crippen LogP contribution is -2.38. The molecule has 0 bridgehead atoms. The smallest absolute Gasteiger partial charge is 0.257 e. The molecule has 0 N–H and O–H groups in total. The van der Waals surface area contributed by atoms with E-state index in [9.17, 15) is 4.79 Å². The van der Waals surface area contributed by atoms with Gasteiger partial charge in [-0.3, -0.25) is 9.69 Å². The normalized spacial score (nSPS) is 20.1. The molecule has 4 rings (SSSR count). The standard InChI is InChI=1S/C17H17ClN2O3/c1-22-15-8-11-7-10-4-5-20(17(21)14-3-2-6-23-14)16(10)19-13(11)9-12(15)18/h7-9,14H,2-6H2,1H3. The molecular weight excluding hydrogens is 316 g/mol. The molecule has 2 aromatic rings. The third-order valence-electron chi connectivity index (χ3n) is 4.48. The minimum Gasteiger partial charge on any atom is -0.495 e. The predicted molar refractivity (Wildman–Crippen MR) is 88.3 cm³/mol. The molecule has 6 heteroatoms. The number of methoxy groups -OCH3 is 1. The van der Waals surface area contributed by atoms with Crippen molar-refractivity contribution in [3.05, 3.63) is 28.8 Å². The summed E-state index contributed by atoms with van der Waals surface area (Å²) in [6.45, 7) is 1.32. The summed E-state index contributed by atoms with van der Waals surface area (Å²) in [7, 11) is 1.59. The van der Waals surface area contributed by atoms with Crippen LogP contribution in [0.25, 0.3) is 10.9 Å². The molecule has 2 aliphatic heterocycles. The number of carbonyl (C=O) groups excluding carboxylic acids is 1. The van der Waals surface area contributed by atoms with Crippen molar-refractivity contribution in [2.75, 3.05) is 25.2 Å². The number of pyridine rings is 1. The van der Waals surface area contributed by atoms with E-state index in [-0.39, 0.29) is 12.0 Å². The van der Waals surface area contributed by atoms with Gasteiger partial charge in [0, 0.05) is 18.5 Å². The number of carbonyl (C=O) groups is 1. The number of nitrogens with zero attached hydrogens (tertiary/aromatic N) is 2. The summed E-state index contributed by atoms with van der Waals surface area (Å²) in [5.74, 6) is 1.39. The summed E-state index contributed by atoms with van der Waals surface area (Å²) in [5, 5.41) is 1.49. The van der Waals surface area contributed by atoms with E-state index in [0.29, 0.717) is 23.9 Å². The molecule has 1 amide bonds. The highest BCUT2D eigenvalue weighted by Crippen LogP contribution is 2.35. The van der Waals surface area contributed by atoms with Gasteiger partial charge in [0.2, 0.25) is 0 Å². The molecule has 0 radical (unpaired) electrons. The van der Waals surface area contributed by atoms with Crippen LogP contribution in [0.1, 0.15) is 18.4 Å². The molecule has 1 aromatic heterocycles. The van der Waals surface area contributed by atoms with Gasteiger partial charge in [0.1, 0.15) is 17.7 Å². The number of amides is 1. The number of hydrogen-bond donors (Lipinski definition) is 0. The van der Waals surface area contributed by atoms with Crippen molar-refractivity contribution in [3.8, 4) is 5.75 Å². The summed E-state index contributed by atoms with van der Waals surface area (Å²) in [5.41, 5.74) is 1.84. The lowest BCUT2D eigenvalue weighted by Gasteiger charge is -2.20. The Morgan fingerprint density at radius 3 is 3.04 bits per heavy atom. The van der Waals surface area contributed by atoms with Gasteiger partial charge < -0.3 is 9.47 Å². The second-order valence-corrected chi connectivity index (χ2v) is 6.30. The predicted octanol–water partition coefficient (Wildman–Crippen LogP) is 2.96. The molecule has 1 aromatic carbocycles. The van der Waals surface area contributed by atoms with Gasteiger partial charge in [-0.2, -0.15) is 0 Å². The molecule has 1 fully saturated rings. The van der Waals surface area contributed by atoms with Crippen LogP contribution in [0.2, 0.25) is 5.02 Å². The fraction of sp³-hybridized carbons (Fsp3) is 0.412. The van der Waals surface area contributed by atoms with E-state index in [1.165, 1.54) is 0 Å². The van der Waals surface area contributed by atoms with Crippen LogP contribution in [0.15, 0.2) is 18.2 Å². The Labute approximate surface area is 139 Å². The van der Waals surface area contributed by atoms with Crippen molar-refractivity contribution in [3.63, 3.8) is 0 Å². The number of hydrogen-bond acceptors (Lipinski definition) is 4. The summed E-state index contributed by atoms with van der Waals surface area (Å²) in [6.07, 6.45) is 2.22. The zero-order valence-corrected chi connectivity index (χ0v) is 13.6. The summed E-state index contributed by atoms with van der Waals surface area (Å²) < 4.78 is 10.8. The van der Waals surface area contributed by atoms with E-state index in [2.05, 4.69) is 11.1 Å². The van der Waals surface area contributed by atoms with Gasteiger partial charge in [0.25, 0.3) is 5.91 Å². The Kier molecular flexibility index (Phi) is 3.62. The average molecular weight is 333 g/mol. The van der Waals surface area contributed by atoms with E-state index in [4.69, 9.17) is 21.1 Å². The number of rotatable bonds is 2. The van der Waals surface area contributed by atoms with Crippen LogP contribution >= 0.6 is 11.6 Å². The van der Waals surface area contributed by atoms with Gasteiger partial charge in [-0.25, -0.2) is 4.98 Å². The molecule has 0 spiro atoms. The number of halogens is 1. The van der Waals surface area contributed by atoms with Gasteiger partial charge in [0.05, 0.1) is 17.6 Å². The molecule has 5 nitrogen and oxygen atoms in total. The molecule has 2 aliphatic rings. The number of ether oxygens (including phenoxy) is 2. The molecule has 0 saturated carbocycles. The van der Waals surface area contributed by atoms with Crippen molar-refractivity contribution in [2.24, 2.45) is 0 Å². The highest BCUT2D eigenvalue weighted by atomic mass is 35.5. The Morgan fingerprint density at radius 2 is 2.30 bits per heavy atom. The fourth-order valence-corrected chi connectivity index (χ4v) is 3.52. The van der Waals surface area contributed by atoms with Gasteiger partial charge in [-0.1, -0.05) is 11.6 Å². The fourth-order valence-electron chi connectivity index (χ4n) is 3.28. The summed E-state index contributed by atoms with van der Waals surface area (Å²) >= 11 is 6.19. The van der Waals surface area contributed by atoms with Gasteiger partial charge in [-0.05, 0) is 43.0 Å². The Bertz CT molecular complexity index is 787. The molecule has 1 atom stereocenters. The van der Waals surface area contributed by atoms with E-state index < -0.39 is 0 Å². The van der Waals surface area contributed by atoms with Crippen LogP contribution in [-0.2, 0) is 16.0 Å². The Balaban J connectivity index is 1.74. The van der Waals surface area contributed by atoms with Crippen molar-refractivity contribution < 1.29 is 14.3 Å². The molecule has 1 saturated heterocycles. The van der Waals surface area contributed by atoms with Crippen LogP contribution < -0.4 is 9.64 Å². The zero-order valence-electron chi connectivity index (χ0n) is 12.8. The maximum absolute atomic E-state index is 12.6. The number of fused-ring (bicyclic) bond motifs is 2. The minimum atomic E-state index is -0.321. The zero-order chi connectivity index (χ0) is 16.0. The molecule has 3 heterocycles. The molecule has 120 valence electrons. The maximum Gasteiger partial charge on any atom is 0.257 e. The first-order valence-corrected chi connectivity index (χ1v) is 8.15. The Hall–Kier alpha value is -1.85. The lowest BCUT2D eigenvalue weighted by atomic mass is 10.1. The number of aromatic nitrogens is 1. The molecular formula is C17H17ClN2O3. The van der Waals surface area contributed by atoms with Gasteiger partial charge in [-0.15, -0.1) is 0 Å². The quantitative estimate of drug-likeness (QED) is 0.848. The number of anilines is 1. The summed E-state index contributed by atoms with van der Waals surface area (Å²) in [4.78, 5) is 19.1. The average Bonchev–Trinajstić information content (AvgIpc) is 3.21. The van der Waals surface area contributed by atoms with Crippen molar-refractivity contribution >= 4 is 34.2 Å². The largest absolute Gasteiger partial charge is 0.495 e. The molecule has 23 heavy (non-hydrogen) atoms. The SMILES string of the molecule is COc1cc2cc3c(nc2cc1Cl)N(C(=O)C1CCCO1)CC3. The Morgan fingerprint density at radius 1 is 1.43 bits per heavy atom. The second kappa shape index (κ2) is 5.65. The lowest BCUT2D eigenvalue weighted by molar-refractivity contribution is -0.127. The van der Waals surface area contributed by atoms with Crippen LogP contribution in [0, 0.1) is 0 Å². The monoisotopic (exact) mass is 332 g/mol.